The molecule has 0 unspecified atom stereocenters. The molecule has 0 spiro atoms. The summed E-state index contributed by atoms with van der Waals surface area (Å²) in [5, 5.41) is 13.8. The third kappa shape index (κ3) is 3.82. The number of benzene rings is 2. The minimum absolute atomic E-state index is 0.00815. The van der Waals surface area contributed by atoms with Crippen molar-refractivity contribution >= 4 is 17.5 Å². The molecular formula is C27H26N4O2. The van der Waals surface area contributed by atoms with Crippen LogP contribution in [0, 0.1) is 5.92 Å². The lowest BCUT2D eigenvalue weighted by Gasteiger charge is -2.20. The van der Waals surface area contributed by atoms with Crippen LogP contribution in [0.25, 0.3) is 22.9 Å². The van der Waals surface area contributed by atoms with E-state index in [0.29, 0.717) is 24.2 Å². The molecule has 5 rings (SSSR count). The molecule has 0 fully saturated rings. The van der Waals surface area contributed by atoms with Gasteiger partial charge in [-0.3, -0.25) is 4.79 Å². The number of Topliss-reactive ketones (excluding diaryl/α,β-unsaturated/α-hetero) is 1. The first-order chi connectivity index (χ1) is 16.1. The topological polar surface area (TPSA) is 69.4 Å². The number of rotatable bonds is 5. The van der Waals surface area contributed by atoms with E-state index < -0.39 is 0 Å². The maximum atomic E-state index is 12.9. The molecule has 2 aromatic carbocycles. The second-order valence-electron chi connectivity index (χ2n) is 8.71. The Morgan fingerprint density at radius 2 is 1.79 bits per heavy atom. The number of hydrogen-bond acceptors (Lipinski definition) is 5. The molecular weight excluding hydrogens is 412 g/mol. The number of aromatic nitrogens is 4. The largest absolute Gasteiger partial charge is 0.496 e. The third-order valence-corrected chi connectivity index (χ3v) is 6.11. The summed E-state index contributed by atoms with van der Waals surface area (Å²) in [5.41, 5.74) is 5.77. The summed E-state index contributed by atoms with van der Waals surface area (Å²) in [5.74, 6) is 1.01. The van der Waals surface area contributed by atoms with Crippen molar-refractivity contribution in [1.29, 1.82) is 0 Å². The van der Waals surface area contributed by atoms with Gasteiger partial charge < -0.3 is 4.74 Å². The van der Waals surface area contributed by atoms with Crippen molar-refractivity contribution in [3.05, 3.63) is 83.3 Å². The quantitative estimate of drug-likeness (QED) is 0.418. The van der Waals surface area contributed by atoms with E-state index in [4.69, 9.17) is 9.84 Å². The van der Waals surface area contributed by atoms with Crippen LogP contribution in [0.15, 0.2) is 60.7 Å². The van der Waals surface area contributed by atoms with Crippen LogP contribution < -0.4 is 4.74 Å². The normalized spacial score (nSPS) is 16.0. The molecule has 166 valence electrons. The number of nitrogens with zero attached hydrogens (tertiary/aromatic N) is 4. The van der Waals surface area contributed by atoms with Gasteiger partial charge in [-0.1, -0.05) is 74.5 Å². The molecule has 0 saturated heterocycles. The Labute approximate surface area is 192 Å². The molecule has 0 N–H and O–H groups in total. The first kappa shape index (κ1) is 21.1. The third-order valence-electron chi connectivity index (χ3n) is 6.11. The van der Waals surface area contributed by atoms with Crippen LogP contribution >= 0.6 is 0 Å². The van der Waals surface area contributed by atoms with Crippen molar-refractivity contribution in [2.24, 2.45) is 5.92 Å². The number of ketones is 1. The number of para-hydroxylation sites is 1. The summed E-state index contributed by atoms with van der Waals surface area (Å²) < 4.78 is 7.46. The highest BCUT2D eigenvalue weighted by Crippen LogP contribution is 2.38. The van der Waals surface area contributed by atoms with E-state index in [9.17, 15) is 4.79 Å². The fraction of sp³-hybridized carbons (Fsp3) is 0.259. The van der Waals surface area contributed by atoms with Crippen LogP contribution in [-0.2, 0) is 6.42 Å². The lowest BCUT2D eigenvalue weighted by atomic mass is 9.88. The lowest BCUT2D eigenvalue weighted by Crippen LogP contribution is -2.24. The Morgan fingerprint density at radius 1 is 1.03 bits per heavy atom. The molecule has 1 aliphatic rings. The van der Waals surface area contributed by atoms with Gasteiger partial charge in [-0.15, -0.1) is 10.2 Å². The molecule has 1 atom stereocenters. The van der Waals surface area contributed by atoms with Gasteiger partial charge in [0, 0.05) is 12.0 Å². The number of fused-ring (bicyclic) bond motifs is 3. The monoisotopic (exact) mass is 438 g/mol. The van der Waals surface area contributed by atoms with Crippen molar-refractivity contribution in [3.8, 4) is 16.9 Å². The molecule has 0 amide bonds. The van der Waals surface area contributed by atoms with Gasteiger partial charge in [0.2, 0.25) is 0 Å². The van der Waals surface area contributed by atoms with Crippen molar-refractivity contribution in [2.75, 3.05) is 7.11 Å². The van der Waals surface area contributed by atoms with Gasteiger partial charge in [0.25, 0.3) is 0 Å². The molecule has 0 radical (unpaired) electrons. The zero-order chi connectivity index (χ0) is 22.9. The fourth-order valence-corrected chi connectivity index (χ4v) is 4.48. The Kier molecular flexibility index (Phi) is 5.50. The van der Waals surface area contributed by atoms with Crippen LogP contribution in [-0.4, -0.2) is 32.7 Å². The smallest absolute Gasteiger partial charge is 0.185 e. The van der Waals surface area contributed by atoms with Gasteiger partial charge >= 0.3 is 0 Å². The summed E-state index contributed by atoms with van der Waals surface area (Å²) >= 11 is 0. The number of carbonyl (C=O) groups is 1. The molecule has 6 nitrogen and oxygen atoms in total. The molecule has 1 aliphatic carbocycles. The van der Waals surface area contributed by atoms with Crippen LogP contribution in [0.4, 0.5) is 0 Å². The number of hydrogen-bond donors (Lipinski definition) is 0. The average molecular weight is 439 g/mol. The number of allylic oxidation sites excluding steroid dienone is 1. The second-order valence-corrected chi connectivity index (χ2v) is 8.71. The van der Waals surface area contributed by atoms with Gasteiger partial charge in [0.15, 0.2) is 17.1 Å². The first-order valence-corrected chi connectivity index (χ1v) is 11.2. The van der Waals surface area contributed by atoms with Crippen LogP contribution in [0.5, 0.6) is 5.75 Å². The van der Waals surface area contributed by atoms with Gasteiger partial charge in [-0.2, -0.15) is 5.10 Å². The summed E-state index contributed by atoms with van der Waals surface area (Å²) in [6, 6.07) is 18.0. The lowest BCUT2D eigenvalue weighted by molar-refractivity contribution is 0.0950. The van der Waals surface area contributed by atoms with E-state index in [0.717, 1.165) is 33.8 Å². The van der Waals surface area contributed by atoms with Crippen molar-refractivity contribution in [3.63, 3.8) is 0 Å². The molecule has 2 heterocycles. The average Bonchev–Trinajstić information content (AvgIpc) is 3.24. The SMILES string of the molecule is COc1ccccc1-c1c(C(C)C)nn2c3c(nnc12)C(=O)C[C@H](/C=C/c1ccccc1)C3. The van der Waals surface area contributed by atoms with Crippen LogP contribution in [0.3, 0.4) is 0 Å². The molecule has 0 saturated carbocycles. The summed E-state index contributed by atoms with van der Waals surface area (Å²) in [4.78, 5) is 12.9. The highest BCUT2D eigenvalue weighted by molar-refractivity contribution is 5.97. The molecule has 4 aromatic rings. The van der Waals surface area contributed by atoms with E-state index in [1.165, 1.54) is 0 Å². The van der Waals surface area contributed by atoms with Gasteiger partial charge in [0.05, 0.1) is 24.1 Å². The summed E-state index contributed by atoms with van der Waals surface area (Å²) in [6.45, 7) is 4.22. The number of ether oxygens (including phenoxy) is 1. The molecule has 0 bridgehead atoms. The molecule has 0 aliphatic heterocycles. The van der Waals surface area contributed by atoms with E-state index in [1.807, 2.05) is 47.0 Å². The Morgan fingerprint density at radius 3 is 2.55 bits per heavy atom. The molecule has 33 heavy (non-hydrogen) atoms. The van der Waals surface area contributed by atoms with Gasteiger partial charge in [-0.25, -0.2) is 4.52 Å². The summed E-state index contributed by atoms with van der Waals surface area (Å²) in [6.07, 6.45) is 5.31. The maximum absolute atomic E-state index is 12.9. The first-order valence-electron chi connectivity index (χ1n) is 11.2. The number of carbonyl (C=O) groups excluding carboxylic acids is 1. The van der Waals surface area contributed by atoms with Crippen molar-refractivity contribution in [1.82, 2.24) is 19.8 Å². The molecule has 6 heteroatoms. The Hall–Kier alpha value is -3.80. The fourth-order valence-electron chi connectivity index (χ4n) is 4.48. The second kappa shape index (κ2) is 8.62. The van der Waals surface area contributed by atoms with Gasteiger partial charge in [0.1, 0.15) is 5.75 Å². The van der Waals surface area contributed by atoms with Gasteiger partial charge in [-0.05, 0) is 29.9 Å². The van der Waals surface area contributed by atoms with E-state index in [1.54, 1.807) is 7.11 Å². The van der Waals surface area contributed by atoms with E-state index >= 15 is 0 Å². The van der Waals surface area contributed by atoms with Crippen molar-refractivity contribution in [2.45, 2.75) is 32.6 Å². The summed E-state index contributed by atoms with van der Waals surface area (Å²) in [7, 11) is 1.66. The Balaban J connectivity index is 1.63. The highest BCUT2D eigenvalue weighted by atomic mass is 16.5. The van der Waals surface area contributed by atoms with E-state index in [2.05, 4.69) is 48.3 Å². The van der Waals surface area contributed by atoms with Crippen LogP contribution in [0.1, 0.15) is 53.6 Å². The van der Waals surface area contributed by atoms with Crippen LogP contribution in [0.2, 0.25) is 0 Å². The standard InChI is InChI=1S/C27H26N4O2/c1-17(2)25-24(20-11-7-8-12-23(20)33-3)27-29-28-26-21(31(27)30-25)15-19(16-22(26)32)14-13-18-9-5-4-6-10-18/h4-14,17,19H,15-16H2,1-3H3/b14-13+/t19-/m1/s1. The minimum Gasteiger partial charge on any atom is -0.496 e. The predicted octanol–water partition coefficient (Wildman–Crippen LogP) is 5.38. The zero-order valence-electron chi connectivity index (χ0n) is 19.0. The minimum atomic E-state index is 0.00815. The van der Waals surface area contributed by atoms with E-state index in [-0.39, 0.29) is 17.6 Å². The van der Waals surface area contributed by atoms with Crippen molar-refractivity contribution < 1.29 is 9.53 Å². The molecule has 2 aromatic heterocycles. The Bertz CT molecular complexity index is 1360. The zero-order valence-corrected chi connectivity index (χ0v) is 19.0. The number of methoxy groups -OCH3 is 1. The predicted molar refractivity (Wildman–Crippen MR) is 128 cm³/mol. The maximum Gasteiger partial charge on any atom is 0.185 e. The highest BCUT2D eigenvalue weighted by Gasteiger charge is 2.31.